The topological polar surface area (TPSA) is 354 Å². The summed E-state index contributed by atoms with van der Waals surface area (Å²) in [6.45, 7) is 10.9. The molecular weight excluding hydrogens is 1780 g/mol. The summed E-state index contributed by atoms with van der Waals surface area (Å²) < 4.78 is 31.8. The quantitative estimate of drug-likeness (QED) is 0.0446. The van der Waals surface area contributed by atoms with Gasteiger partial charge in [0, 0.05) is 126 Å². The number of aromatic carboxylic acids is 1. The molecule has 2 atom stereocenters. The molecule has 702 valence electrons. The van der Waals surface area contributed by atoms with Gasteiger partial charge in [-0.1, -0.05) is 243 Å². The Bertz CT molecular complexity index is 6520. The Morgan fingerprint density at radius 1 is 0.360 bits per heavy atom. The Morgan fingerprint density at radius 3 is 1.06 bits per heavy atom. The van der Waals surface area contributed by atoms with E-state index in [1.165, 1.54) is 58.9 Å². The number of carbonyl (C=O) groups is 6. The van der Waals surface area contributed by atoms with Gasteiger partial charge < -0.3 is 62.9 Å². The molecule has 32 heteroatoms. The first-order chi connectivity index (χ1) is 65.1. The summed E-state index contributed by atoms with van der Waals surface area (Å²) in [4.78, 5) is 147. The molecule has 19 rings (SSSR count). The second-order valence-corrected chi connectivity index (χ2v) is 33.3. The number of carboxylic acid groups (broad SMARTS) is 1. The summed E-state index contributed by atoms with van der Waals surface area (Å²) in [5.74, 6) is -3.09. The normalized spacial score (nSPS) is 15.1. The number of ether oxygens (including phenoxy) is 5. The van der Waals surface area contributed by atoms with Gasteiger partial charge in [-0.15, -0.1) is 24.8 Å². The molecule has 0 radical (unpaired) electrons. The van der Waals surface area contributed by atoms with Crippen molar-refractivity contribution >= 4 is 60.5 Å². The minimum absolute atomic E-state index is 0. The fourth-order valence-electron chi connectivity index (χ4n) is 17.0. The molecular formula is C104H104Cl2N12O18. The van der Waals surface area contributed by atoms with E-state index in [-0.39, 0.29) is 150 Å². The number of pyridine rings is 5. The first-order valence-corrected chi connectivity index (χ1v) is 44.3. The van der Waals surface area contributed by atoms with Crippen molar-refractivity contribution in [2.24, 2.45) is 0 Å². The summed E-state index contributed by atoms with van der Waals surface area (Å²) in [6, 6.07) is 85.6. The Balaban J connectivity index is 0.000000146. The van der Waals surface area contributed by atoms with Crippen LogP contribution in [0.3, 0.4) is 0 Å². The van der Waals surface area contributed by atoms with Crippen LogP contribution in [0.1, 0.15) is 174 Å². The minimum atomic E-state index is -1.23. The first kappa shape index (κ1) is 98.1. The van der Waals surface area contributed by atoms with Crippen molar-refractivity contribution in [1.29, 1.82) is 0 Å². The van der Waals surface area contributed by atoms with Crippen molar-refractivity contribution in [2.45, 2.75) is 109 Å². The molecule has 6 aliphatic rings. The number of hydrogen-bond acceptors (Lipinski definition) is 19. The highest BCUT2D eigenvalue weighted by Crippen LogP contribution is 2.46. The maximum Gasteiger partial charge on any atom is 0.429 e. The number of halogens is 2. The van der Waals surface area contributed by atoms with E-state index >= 15 is 0 Å². The summed E-state index contributed by atoms with van der Waals surface area (Å²) >= 11 is 0. The third kappa shape index (κ3) is 23.1. The number of aromatic nitrogens is 5. The number of nitrogens with one attached hydrogen (secondary N) is 3. The fraction of sp³-hybridized carbons (Fsp3) is 0.240. The van der Waals surface area contributed by atoms with Gasteiger partial charge in [-0.05, 0) is 97.4 Å². The average Bonchev–Trinajstić information content (AvgIpc) is 1.65. The lowest BCUT2D eigenvalue weighted by molar-refractivity contribution is -0.0486. The van der Waals surface area contributed by atoms with Crippen LogP contribution in [0.2, 0.25) is 0 Å². The lowest BCUT2D eigenvalue weighted by atomic mass is 9.87. The maximum absolute atomic E-state index is 13.8. The molecule has 13 aromatic rings. The van der Waals surface area contributed by atoms with Crippen LogP contribution in [0.25, 0.3) is 0 Å². The summed E-state index contributed by atoms with van der Waals surface area (Å²) in [5, 5.41) is 29.7. The molecule has 136 heavy (non-hydrogen) atoms. The highest BCUT2D eigenvalue weighted by Gasteiger charge is 2.48. The number of hydrazine groups is 3. The van der Waals surface area contributed by atoms with Crippen LogP contribution >= 0.6 is 24.8 Å². The van der Waals surface area contributed by atoms with Crippen molar-refractivity contribution in [3.8, 4) is 28.7 Å². The van der Waals surface area contributed by atoms with Crippen molar-refractivity contribution in [2.75, 3.05) is 52.4 Å². The molecule has 8 aromatic carbocycles. The molecule has 11 heterocycles. The highest BCUT2D eigenvalue weighted by molar-refractivity contribution is 5.98. The van der Waals surface area contributed by atoms with E-state index in [2.05, 4.69) is 73.5 Å². The second-order valence-electron chi connectivity index (χ2n) is 33.3. The number of fused-ring (bicyclic) bond motifs is 4. The van der Waals surface area contributed by atoms with E-state index in [9.17, 15) is 57.8 Å². The van der Waals surface area contributed by atoms with Crippen molar-refractivity contribution in [1.82, 2.24) is 59.0 Å². The molecule has 0 spiro atoms. The predicted molar refractivity (Wildman–Crippen MR) is 515 cm³/mol. The second kappa shape index (κ2) is 45.8. The lowest BCUT2D eigenvalue weighted by Crippen LogP contribution is -2.53. The number of aromatic hydroxyl groups is 1. The number of aromatic amines is 3. The fourth-order valence-corrected chi connectivity index (χ4v) is 17.0. The molecule has 5 N–H and O–H groups in total. The van der Waals surface area contributed by atoms with Gasteiger partial charge in [0.25, 0.3) is 23.6 Å². The van der Waals surface area contributed by atoms with E-state index in [0.29, 0.717) is 38.3 Å². The molecule has 6 aliphatic heterocycles. The number of nitrogens with zero attached hydrogens (tertiary/aromatic N) is 9. The Morgan fingerprint density at radius 2 is 0.676 bits per heavy atom. The van der Waals surface area contributed by atoms with E-state index in [0.717, 1.165) is 96.4 Å². The zero-order valence-corrected chi connectivity index (χ0v) is 76.6. The SMILES string of the molecule is CC(C)(C)OC(=O)N1CCCN1C(=O)c1[nH]ccc(=O)c1OCc1ccccc1.Cl.Cl.O=C(O)c1[nH]ccc(=O)c1OCc1ccccc1.O=C(c1[nH]ccc(=O)c1OCc1ccccc1)N1CCCC1.O=C1c2c(O)c(=O)ccn2C(C(c2ccccc2)c2ccccc2)N2CCCN12.O=C1c2c(OCc3ccccc3)c(=O)ccn2C(C(c2ccccc2)c2ccccc2)N2CCCN12. The summed E-state index contributed by atoms with van der Waals surface area (Å²) in [5.41, 5.74) is 5.86. The number of H-pyrrole nitrogens is 3. The molecule has 5 amide bonds. The smallest absolute Gasteiger partial charge is 0.429 e. The number of hydrogen-bond donors (Lipinski definition) is 5. The minimum Gasteiger partial charge on any atom is -0.503 e. The standard InChI is InChI=1S/C30H27N3O3.C23H21N3O3.C21H25N3O5.C17H18N2O3.C13H11NO4.2ClH/c34-25-17-20-31-27(28(25)36-21-22-11-4-1-5-12-22)30(35)33-19-10-18-32(33)29(31)26(23-13-6-2-7-14-23)24-15-8-3-9-16-24;27-18-12-15-24-20(21(18)28)23(29)26-14-7-13-25(26)22(24)19(16-8-3-1-4-9-16)17-10-5-2-6-11-17;1-21(2,3)29-20(27)24-13-7-12-23(24)19(26)17-18(16(25)10-11-22-17)28-14-15-8-5-4-6-9-15;20-14-8-9-18-15(17(21)19-10-4-5-11-19)16(14)22-12-13-6-2-1-3-7-13;15-10-6-7-14-11(13(16)17)12(10)18-8-9-4-2-1-3-5-9;;/h1-9,11-17,20,26,29H,10,18-19,21H2;1-6,8-12,15,19,22,28H,7,13-14H2;4-6,8-11H,7,12-14H2,1-3H3,(H,22,25);1-3,6-9H,4-5,10-12H2,(H,18,20);1-7H,8H2,(H,14,15)(H,16,17);2*1H. The van der Waals surface area contributed by atoms with Crippen LogP contribution in [0.15, 0.2) is 328 Å². The van der Waals surface area contributed by atoms with Gasteiger partial charge in [-0.3, -0.25) is 53.2 Å². The molecule has 0 saturated carbocycles. The average molecular weight is 1880 g/mol. The van der Waals surface area contributed by atoms with Gasteiger partial charge in [-0.2, -0.15) is 10.0 Å². The maximum atomic E-state index is 13.8. The van der Waals surface area contributed by atoms with E-state index < -0.39 is 45.6 Å². The van der Waals surface area contributed by atoms with Crippen molar-refractivity contribution < 1.29 is 62.7 Å². The van der Waals surface area contributed by atoms with Crippen molar-refractivity contribution in [3.63, 3.8) is 0 Å². The zero-order chi connectivity index (χ0) is 93.8. The van der Waals surface area contributed by atoms with Crippen LogP contribution in [0, 0.1) is 0 Å². The van der Waals surface area contributed by atoms with Gasteiger partial charge in [-0.25, -0.2) is 19.6 Å². The summed E-state index contributed by atoms with van der Waals surface area (Å²) in [7, 11) is 0. The molecule has 4 saturated heterocycles. The van der Waals surface area contributed by atoms with Crippen LogP contribution in [-0.4, -0.2) is 163 Å². The monoisotopic (exact) mass is 1880 g/mol. The third-order valence-electron chi connectivity index (χ3n) is 23.2. The highest BCUT2D eigenvalue weighted by atomic mass is 35.5. The van der Waals surface area contributed by atoms with Crippen molar-refractivity contribution in [3.05, 3.63) is 428 Å². The van der Waals surface area contributed by atoms with Gasteiger partial charge in [0.2, 0.25) is 27.1 Å². The van der Waals surface area contributed by atoms with E-state index in [1.54, 1.807) is 52.6 Å². The van der Waals surface area contributed by atoms with Crippen LogP contribution in [0.5, 0.6) is 28.7 Å². The van der Waals surface area contributed by atoms with Crippen LogP contribution in [-0.2, 0) is 31.2 Å². The van der Waals surface area contributed by atoms with E-state index in [1.807, 2.05) is 199 Å². The summed E-state index contributed by atoms with van der Waals surface area (Å²) in [6.07, 6.45) is 10.8. The number of benzene rings is 8. The predicted octanol–water partition coefficient (Wildman–Crippen LogP) is 15.4. The number of carboxylic acids is 1. The molecule has 30 nitrogen and oxygen atoms in total. The van der Waals surface area contributed by atoms with Gasteiger partial charge >= 0.3 is 12.1 Å². The first-order valence-electron chi connectivity index (χ1n) is 44.3. The Hall–Kier alpha value is -15.4. The largest absolute Gasteiger partial charge is 0.503 e. The van der Waals surface area contributed by atoms with Gasteiger partial charge in [0.15, 0.2) is 57.2 Å². The van der Waals surface area contributed by atoms with Crippen LogP contribution in [0.4, 0.5) is 4.79 Å². The number of amides is 5. The molecule has 2 unspecified atom stereocenters. The molecule has 4 fully saturated rings. The van der Waals surface area contributed by atoms with E-state index in [4.69, 9.17) is 28.8 Å². The zero-order valence-electron chi connectivity index (χ0n) is 75.0. The Kier molecular flexibility index (Phi) is 33.1. The molecule has 0 aliphatic carbocycles. The Labute approximate surface area is 795 Å². The van der Waals surface area contributed by atoms with Gasteiger partial charge in [0.1, 0.15) is 44.4 Å². The number of likely N-dealkylation sites (tertiary alicyclic amines) is 1. The number of carbonyl (C=O) groups excluding carboxylic acids is 5. The number of rotatable bonds is 21. The van der Waals surface area contributed by atoms with Crippen LogP contribution < -0.4 is 46.1 Å². The van der Waals surface area contributed by atoms with Gasteiger partial charge in [0.05, 0.1) is 0 Å². The molecule has 5 aromatic heterocycles. The lowest BCUT2D eigenvalue weighted by Gasteiger charge is -2.45. The molecule has 0 bridgehead atoms. The third-order valence-corrected chi connectivity index (χ3v) is 23.2.